The molecule has 2 aliphatic rings. The minimum Gasteiger partial charge on any atom is -0.444 e. The third kappa shape index (κ3) is 4.70. The molecule has 0 unspecified atom stereocenters. The molecule has 4 rings (SSSR count). The first-order valence-corrected chi connectivity index (χ1v) is 10.4. The first-order chi connectivity index (χ1) is 15.1. The number of hydrogen-bond acceptors (Lipinski definition) is 7. The number of rotatable bonds is 6. The van der Waals surface area contributed by atoms with E-state index in [1.165, 1.54) is 4.90 Å². The summed E-state index contributed by atoms with van der Waals surface area (Å²) in [6.07, 6.45) is 2.24. The Hall–Kier alpha value is -3.38. The van der Waals surface area contributed by atoms with Crippen LogP contribution in [-0.4, -0.2) is 54.1 Å². The molecule has 1 N–H and O–H groups in total. The molecule has 1 aromatic heterocycles. The molecule has 2 aliphatic heterocycles. The number of ether oxygens (including phenoxy) is 1. The molecule has 1 saturated heterocycles. The summed E-state index contributed by atoms with van der Waals surface area (Å²) in [4.78, 5) is 34.9. The molecule has 8 nitrogen and oxygen atoms in total. The van der Waals surface area contributed by atoms with Crippen LogP contribution in [0.3, 0.4) is 0 Å². The molecule has 1 fully saturated rings. The highest BCUT2D eigenvalue weighted by atomic mass is 16.6. The number of amides is 1. The Labute approximate surface area is 182 Å². The Morgan fingerprint density at radius 2 is 2.13 bits per heavy atom. The van der Waals surface area contributed by atoms with E-state index in [2.05, 4.69) is 31.9 Å². The largest absolute Gasteiger partial charge is 0.444 e. The van der Waals surface area contributed by atoms with E-state index in [0.29, 0.717) is 31.6 Å². The van der Waals surface area contributed by atoms with Gasteiger partial charge in [-0.2, -0.15) is 4.98 Å². The lowest BCUT2D eigenvalue weighted by Crippen LogP contribution is -2.48. The third-order valence-electron chi connectivity index (χ3n) is 5.45. The Bertz CT molecular complexity index is 1030. The first kappa shape index (κ1) is 20.9. The van der Waals surface area contributed by atoms with E-state index in [1.807, 2.05) is 38.1 Å². The van der Waals surface area contributed by atoms with Crippen LogP contribution in [0.5, 0.6) is 0 Å². The Kier molecular flexibility index (Phi) is 6.19. The van der Waals surface area contributed by atoms with E-state index in [-0.39, 0.29) is 18.7 Å². The van der Waals surface area contributed by atoms with Crippen LogP contribution in [0.4, 0.5) is 16.6 Å². The van der Waals surface area contributed by atoms with E-state index < -0.39 is 0 Å². The van der Waals surface area contributed by atoms with Gasteiger partial charge in [0.05, 0.1) is 17.8 Å². The molecule has 158 valence electrons. The minimum atomic E-state index is -0.386. The number of carbonyl (C=O) groups is 2. The van der Waals surface area contributed by atoms with E-state index in [4.69, 9.17) is 4.74 Å². The first-order valence-electron chi connectivity index (χ1n) is 10.4. The predicted octanol–water partition coefficient (Wildman–Crippen LogP) is 1.95. The normalized spacial score (nSPS) is 16.8. The molecule has 3 heterocycles. The van der Waals surface area contributed by atoms with Crippen molar-refractivity contribution in [2.24, 2.45) is 5.92 Å². The molecule has 1 amide bonds. The van der Waals surface area contributed by atoms with Gasteiger partial charge in [-0.05, 0) is 31.5 Å². The number of benzene rings is 1. The maximum atomic E-state index is 11.9. The van der Waals surface area contributed by atoms with E-state index in [0.717, 1.165) is 36.0 Å². The zero-order valence-corrected chi connectivity index (χ0v) is 17.7. The molecule has 1 atom stereocenters. The Balaban J connectivity index is 1.38. The lowest BCUT2D eigenvalue weighted by Gasteiger charge is -2.34. The fraction of sp³-hybridized carbons (Fsp3) is 0.364. The van der Waals surface area contributed by atoms with Gasteiger partial charge in [0.1, 0.15) is 12.4 Å². The van der Waals surface area contributed by atoms with Crippen molar-refractivity contribution in [1.29, 1.82) is 0 Å². The number of nitrogens with zero attached hydrogens (tertiary/aromatic N) is 4. The second-order valence-electron chi connectivity index (χ2n) is 7.68. The second kappa shape index (κ2) is 9.19. The van der Waals surface area contributed by atoms with E-state index >= 15 is 0 Å². The van der Waals surface area contributed by atoms with Crippen LogP contribution in [0.15, 0.2) is 30.5 Å². The Morgan fingerprint density at radius 1 is 1.35 bits per heavy atom. The van der Waals surface area contributed by atoms with Gasteiger partial charge in [-0.1, -0.05) is 24.0 Å². The number of anilines is 2. The topological polar surface area (TPSA) is 87.7 Å². The summed E-state index contributed by atoms with van der Waals surface area (Å²) < 4.78 is 5.13. The van der Waals surface area contributed by atoms with Crippen molar-refractivity contribution in [2.45, 2.75) is 26.5 Å². The summed E-state index contributed by atoms with van der Waals surface area (Å²) in [6, 6.07) is 8.06. The average molecular weight is 417 g/mol. The van der Waals surface area contributed by atoms with Crippen LogP contribution in [0.1, 0.15) is 36.6 Å². The summed E-state index contributed by atoms with van der Waals surface area (Å²) in [5, 5.41) is 3.30. The zero-order chi connectivity index (χ0) is 21.8. The van der Waals surface area contributed by atoms with Crippen molar-refractivity contribution in [3.05, 3.63) is 47.2 Å². The van der Waals surface area contributed by atoms with Gasteiger partial charge in [-0.3, -0.25) is 4.90 Å². The van der Waals surface area contributed by atoms with Crippen molar-refractivity contribution < 1.29 is 14.3 Å². The Morgan fingerprint density at radius 3 is 2.84 bits per heavy atom. The number of nitrogens with one attached hydrogen (secondary N) is 1. The van der Waals surface area contributed by atoms with Gasteiger partial charge in [-0.15, -0.1) is 0 Å². The van der Waals surface area contributed by atoms with Crippen molar-refractivity contribution in [2.75, 3.05) is 29.9 Å². The molecule has 0 saturated carbocycles. The standard InChI is InChI=1S/C22H24BN5O3/c1-3-28-20-19(13-31-22(28)30)10-24-21(26-20)25-15(2)18-8-6-16(7-9-18)4-5-17-11-27(12-17)23-14-29/h6-10,14-15,17,23H,3,11-13H2,1-2H3,(H,24,25,26)/t15-/m0/s1. The SMILES string of the molecule is CCN1C(=O)OCc2cnc(N[C@@H](C)c3ccc(C#CC4CN(BC=O)C4)cc3)nc21. The number of cyclic esters (lactones) is 1. The zero-order valence-electron chi connectivity index (χ0n) is 17.7. The molecule has 9 heteroatoms. The van der Waals surface area contributed by atoms with Gasteiger partial charge in [0.2, 0.25) is 5.95 Å². The van der Waals surface area contributed by atoms with Crippen LogP contribution in [0.2, 0.25) is 0 Å². The smallest absolute Gasteiger partial charge is 0.415 e. The number of hydrogen-bond donors (Lipinski definition) is 1. The molecule has 0 bridgehead atoms. The summed E-state index contributed by atoms with van der Waals surface area (Å²) in [6.45, 7) is 6.31. The molecule has 0 radical (unpaired) electrons. The molecule has 0 aliphatic carbocycles. The summed E-state index contributed by atoms with van der Waals surface area (Å²) in [5.74, 6) is 7.88. The quantitative estimate of drug-likeness (QED) is 0.437. The van der Waals surface area contributed by atoms with Crippen LogP contribution >= 0.6 is 0 Å². The molecule has 2 aromatic rings. The number of aromatic nitrogens is 2. The van der Waals surface area contributed by atoms with Crippen molar-refractivity contribution >= 4 is 31.5 Å². The maximum Gasteiger partial charge on any atom is 0.415 e. The van der Waals surface area contributed by atoms with Crippen LogP contribution in [0, 0.1) is 17.8 Å². The minimum absolute atomic E-state index is 0.0193. The van der Waals surface area contributed by atoms with Gasteiger partial charge in [0, 0.05) is 37.3 Å². The monoisotopic (exact) mass is 417 g/mol. The van der Waals surface area contributed by atoms with E-state index in [1.54, 1.807) is 6.20 Å². The summed E-state index contributed by atoms with van der Waals surface area (Å²) in [5.41, 5.74) is 2.84. The fourth-order valence-electron chi connectivity index (χ4n) is 3.62. The lowest BCUT2D eigenvalue weighted by molar-refractivity contribution is 0.141. The van der Waals surface area contributed by atoms with Gasteiger partial charge >= 0.3 is 6.09 Å². The summed E-state index contributed by atoms with van der Waals surface area (Å²) in [7, 11) is 0.492. The summed E-state index contributed by atoms with van der Waals surface area (Å²) >= 11 is 0. The van der Waals surface area contributed by atoms with Crippen LogP contribution in [-0.2, 0) is 16.1 Å². The predicted molar refractivity (Wildman–Crippen MR) is 120 cm³/mol. The highest BCUT2D eigenvalue weighted by molar-refractivity contribution is 6.64. The molecule has 31 heavy (non-hydrogen) atoms. The number of fused-ring (bicyclic) bond motifs is 1. The molecular weight excluding hydrogens is 393 g/mol. The average Bonchev–Trinajstić information content (AvgIpc) is 2.75. The van der Waals surface area contributed by atoms with Gasteiger partial charge in [-0.25, -0.2) is 9.78 Å². The van der Waals surface area contributed by atoms with Gasteiger partial charge < -0.3 is 19.7 Å². The van der Waals surface area contributed by atoms with Crippen molar-refractivity contribution in [3.8, 4) is 11.8 Å². The van der Waals surface area contributed by atoms with Gasteiger partial charge in [0.25, 0.3) is 7.41 Å². The lowest BCUT2D eigenvalue weighted by atomic mass is 9.85. The third-order valence-corrected chi connectivity index (χ3v) is 5.45. The fourth-order valence-corrected chi connectivity index (χ4v) is 3.62. The van der Waals surface area contributed by atoms with E-state index in [9.17, 15) is 9.59 Å². The second-order valence-corrected chi connectivity index (χ2v) is 7.68. The van der Waals surface area contributed by atoms with Crippen molar-refractivity contribution in [1.82, 2.24) is 14.8 Å². The highest BCUT2D eigenvalue weighted by Gasteiger charge is 2.27. The van der Waals surface area contributed by atoms with Crippen LogP contribution < -0.4 is 10.2 Å². The molecule has 0 spiro atoms. The highest BCUT2D eigenvalue weighted by Crippen LogP contribution is 2.26. The maximum absolute atomic E-state index is 11.9. The molecular formula is C22H24BN5O3. The van der Waals surface area contributed by atoms with Crippen molar-refractivity contribution in [3.63, 3.8) is 0 Å². The molecule has 1 aromatic carbocycles. The van der Waals surface area contributed by atoms with Crippen LogP contribution in [0.25, 0.3) is 0 Å². The number of carbonyl (C=O) groups excluding carboxylic acids is 2. The van der Waals surface area contributed by atoms with Gasteiger partial charge in [0.15, 0.2) is 0 Å².